The second-order valence-electron chi connectivity index (χ2n) is 5.53. The van der Waals surface area contributed by atoms with Crippen LogP contribution < -0.4 is 5.32 Å². The summed E-state index contributed by atoms with van der Waals surface area (Å²) in [7, 11) is 0. The molecule has 0 bridgehead atoms. The van der Waals surface area contributed by atoms with Crippen LogP contribution in [-0.2, 0) is 14.3 Å². The summed E-state index contributed by atoms with van der Waals surface area (Å²) in [6.07, 6.45) is 0. The fourth-order valence-corrected chi connectivity index (χ4v) is 3.01. The lowest BCUT2D eigenvalue weighted by molar-refractivity contribution is -0.384. The highest BCUT2D eigenvalue weighted by atomic mass is 32.1. The molecule has 26 heavy (non-hydrogen) atoms. The molecule has 9 heteroatoms. The molecule has 2 rings (SSSR count). The second-order valence-corrected chi connectivity index (χ2v) is 5.92. The summed E-state index contributed by atoms with van der Waals surface area (Å²) in [5.74, 6) is -0.468. The molecule has 1 heterocycles. The molecule has 1 aliphatic rings. The maximum Gasteiger partial charge on any atom is 0.338 e. The maximum atomic E-state index is 12.6. The number of ether oxygens (including phenoxy) is 2. The number of nitro benzene ring substituents is 1. The van der Waals surface area contributed by atoms with Gasteiger partial charge < -0.3 is 19.7 Å². The summed E-state index contributed by atoms with van der Waals surface area (Å²) in [5, 5.41) is 14.3. The van der Waals surface area contributed by atoms with E-state index in [1.807, 2.05) is 6.92 Å². The number of esters is 1. The van der Waals surface area contributed by atoms with Gasteiger partial charge in [-0.1, -0.05) is 0 Å². The van der Waals surface area contributed by atoms with Crippen LogP contribution in [-0.4, -0.2) is 40.8 Å². The summed E-state index contributed by atoms with van der Waals surface area (Å²) in [6, 6.07) is 5.47. The number of hydrogen-bond acceptors (Lipinski definition) is 6. The third-order valence-corrected chi connectivity index (χ3v) is 4.23. The quantitative estimate of drug-likeness (QED) is 0.334. The lowest BCUT2D eigenvalue weighted by atomic mass is 9.94. The molecule has 0 radical (unpaired) electrons. The van der Waals surface area contributed by atoms with Gasteiger partial charge in [0.05, 0.1) is 23.1 Å². The van der Waals surface area contributed by atoms with Gasteiger partial charge in [-0.25, -0.2) is 4.79 Å². The van der Waals surface area contributed by atoms with Crippen molar-refractivity contribution in [2.75, 3.05) is 19.9 Å². The molecular formula is C17H21N3O5S. The molecule has 0 spiro atoms. The van der Waals surface area contributed by atoms with Crippen molar-refractivity contribution in [2.45, 2.75) is 26.8 Å². The Bertz CT molecular complexity index is 732. The normalized spacial score (nSPS) is 17.1. The zero-order chi connectivity index (χ0) is 19.3. The fourth-order valence-electron chi connectivity index (χ4n) is 2.70. The zero-order valence-corrected chi connectivity index (χ0v) is 15.7. The lowest BCUT2D eigenvalue weighted by Gasteiger charge is -2.39. The first kappa shape index (κ1) is 19.8. The van der Waals surface area contributed by atoms with Gasteiger partial charge in [0.2, 0.25) is 0 Å². The summed E-state index contributed by atoms with van der Waals surface area (Å²) in [4.78, 5) is 24.7. The molecule has 1 aromatic rings. The van der Waals surface area contributed by atoms with Gasteiger partial charge in [-0.2, -0.15) is 0 Å². The van der Waals surface area contributed by atoms with Crippen molar-refractivity contribution >= 4 is 29.0 Å². The van der Waals surface area contributed by atoms with Crippen LogP contribution in [0.3, 0.4) is 0 Å². The predicted octanol–water partition coefficient (Wildman–Crippen LogP) is 2.66. The lowest BCUT2D eigenvalue weighted by Crippen LogP contribution is -2.49. The van der Waals surface area contributed by atoms with Crippen LogP contribution in [0.5, 0.6) is 0 Å². The predicted molar refractivity (Wildman–Crippen MR) is 99.2 cm³/mol. The number of carbonyl (C=O) groups is 1. The highest BCUT2D eigenvalue weighted by Gasteiger charge is 2.37. The van der Waals surface area contributed by atoms with E-state index in [9.17, 15) is 14.9 Å². The smallest absolute Gasteiger partial charge is 0.338 e. The Morgan fingerprint density at radius 1 is 1.31 bits per heavy atom. The van der Waals surface area contributed by atoms with E-state index in [-0.39, 0.29) is 19.0 Å². The molecule has 1 unspecified atom stereocenters. The molecule has 1 atom stereocenters. The van der Waals surface area contributed by atoms with Crippen molar-refractivity contribution in [1.82, 2.24) is 10.2 Å². The number of carbonyl (C=O) groups excluding carboxylic acids is 1. The molecule has 0 fully saturated rings. The Morgan fingerprint density at radius 2 is 1.96 bits per heavy atom. The van der Waals surface area contributed by atoms with Crippen molar-refractivity contribution in [1.29, 1.82) is 0 Å². The Hall–Kier alpha value is -2.52. The summed E-state index contributed by atoms with van der Waals surface area (Å²) < 4.78 is 10.7. The van der Waals surface area contributed by atoms with Crippen LogP contribution in [0.1, 0.15) is 32.4 Å². The number of benzene rings is 1. The first-order chi connectivity index (χ1) is 12.4. The maximum absolute atomic E-state index is 12.6. The Labute approximate surface area is 156 Å². The van der Waals surface area contributed by atoms with Gasteiger partial charge in [-0.3, -0.25) is 10.1 Å². The third-order valence-electron chi connectivity index (χ3n) is 3.89. The van der Waals surface area contributed by atoms with E-state index in [1.165, 1.54) is 12.1 Å². The van der Waals surface area contributed by atoms with Crippen molar-refractivity contribution in [3.05, 3.63) is 51.2 Å². The van der Waals surface area contributed by atoms with Crippen molar-refractivity contribution in [2.24, 2.45) is 0 Å². The van der Waals surface area contributed by atoms with Crippen LogP contribution in [0.2, 0.25) is 0 Å². The largest absolute Gasteiger partial charge is 0.463 e. The average molecular weight is 379 g/mol. The number of thiocarbonyl (C=S) groups is 1. The van der Waals surface area contributed by atoms with Crippen LogP contribution in [0, 0.1) is 10.1 Å². The number of rotatable bonds is 7. The van der Waals surface area contributed by atoms with E-state index >= 15 is 0 Å². The Kier molecular flexibility index (Phi) is 6.64. The minimum absolute atomic E-state index is 0.0278. The molecule has 0 amide bonds. The Balaban J connectivity index is 2.52. The van der Waals surface area contributed by atoms with E-state index in [4.69, 9.17) is 21.7 Å². The number of nitro groups is 1. The molecule has 1 N–H and O–H groups in total. The van der Waals surface area contributed by atoms with Crippen LogP contribution in [0.25, 0.3) is 0 Å². The summed E-state index contributed by atoms with van der Waals surface area (Å²) >= 11 is 5.41. The summed E-state index contributed by atoms with van der Waals surface area (Å²) in [5.41, 5.74) is 1.64. The third kappa shape index (κ3) is 4.17. The van der Waals surface area contributed by atoms with Gasteiger partial charge in [-0.05, 0) is 50.7 Å². The minimum atomic E-state index is -0.560. The number of allylic oxidation sites excluding steroid dienone is 1. The first-order valence-corrected chi connectivity index (χ1v) is 8.59. The fraction of sp³-hybridized carbons (Fsp3) is 0.412. The van der Waals surface area contributed by atoms with Crippen LogP contribution >= 0.6 is 12.2 Å². The van der Waals surface area contributed by atoms with Gasteiger partial charge in [0.15, 0.2) is 5.11 Å². The van der Waals surface area contributed by atoms with Crippen molar-refractivity contribution < 1.29 is 19.2 Å². The van der Waals surface area contributed by atoms with Crippen molar-refractivity contribution in [3.8, 4) is 0 Å². The Morgan fingerprint density at radius 3 is 2.50 bits per heavy atom. The standard InChI is InChI=1S/C17H21N3O5S/c1-4-24-10-19-15(12-6-8-13(9-7-12)20(22)23)14(16(21)25-5-2)11(3)18-17(19)26/h6-9,15H,4-5,10H2,1-3H3,(H,18,26). The number of non-ortho nitro benzene ring substituents is 1. The highest BCUT2D eigenvalue weighted by molar-refractivity contribution is 7.80. The molecular weight excluding hydrogens is 358 g/mol. The van der Waals surface area contributed by atoms with Crippen molar-refractivity contribution in [3.63, 3.8) is 0 Å². The zero-order valence-electron chi connectivity index (χ0n) is 14.9. The minimum Gasteiger partial charge on any atom is -0.463 e. The first-order valence-electron chi connectivity index (χ1n) is 8.18. The number of nitrogens with zero attached hydrogens (tertiary/aromatic N) is 2. The van der Waals surface area contributed by atoms with E-state index < -0.39 is 16.9 Å². The average Bonchev–Trinajstić information content (AvgIpc) is 2.60. The molecule has 0 saturated heterocycles. The topological polar surface area (TPSA) is 93.9 Å². The molecule has 1 aromatic carbocycles. The van der Waals surface area contributed by atoms with Gasteiger partial charge in [0.25, 0.3) is 5.69 Å². The molecule has 140 valence electrons. The molecule has 1 aliphatic heterocycles. The number of nitrogens with one attached hydrogen (secondary N) is 1. The van der Waals surface area contributed by atoms with Crippen LogP contribution in [0.15, 0.2) is 35.5 Å². The van der Waals surface area contributed by atoms with Gasteiger partial charge in [-0.15, -0.1) is 0 Å². The number of hydrogen-bond donors (Lipinski definition) is 1. The molecule has 0 aromatic heterocycles. The molecule has 8 nitrogen and oxygen atoms in total. The van der Waals surface area contributed by atoms with E-state index in [0.29, 0.717) is 28.6 Å². The molecule has 0 saturated carbocycles. The highest BCUT2D eigenvalue weighted by Crippen LogP contribution is 2.35. The van der Waals surface area contributed by atoms with Gasteiger partial charge >= 0.3 is 5.97 Å². The van der Waals surface area contributed by atoms with Crippen LogP contribution in [0.4, 0.5) is 5.69 Å². The molecule has 0 aliphatic carbocycles. The van der Waals surface area contributed by atoms with E-state index in [0.717, 1.165) is 0 Å². The van der Waals surface area contributed by atoms with Gasteiger partial charge in [0, 0.05) is 24.4 Å². The van der Waals surface area contributed by atoms with Gasteiger partial charge in [0.1, 0.15) is 6.73 Å². The van der Waals surface area contributed by atoms with E-state index in [2.05, 4.69) is 5.32 Å². The summed E-state index contributed by atoms with van der Waals surface area (Å²) in [6.45, 7) is 6.21. The monoisotopic (exact) mass is 379 g/mol. The van der Waals surface area contributed by atoms with E-state index in [1.54, 1.807) is 30.9 Å². The second kappa shape index (κ2) is 8.72. The SMILES string of the molecule is CCOCN1C(=S)NC(C)=C(C(=O)OCC)C1c1ccc([N+](=O)[O-])cc1.